The van der Waals surface area contributed by atoms with Gasteiger partial charge in [0.1, 0.15) is 12.3 Å². The van der Waals surface area contributed by atoms with Gasteiger partial charge in [-0.1, -0.05) is 13.3 Å². The van der Waals surface area contributed by atoms with E-state index in [9.17, 15) is 8.78 Å². The Balaban J connectivity index is 2.35. The fourth-order valence-electron chi connectivity index (χ4n) is 1.36. The third-order valence-electron chi connectivity index (χ3n) is 2.09. The lowest BCUT2D eigenvalue weighted by Gasteiger charge is -2.00. The largest absolute Gasteiger partial charge is 0.244 e. The van der Waals surface area contributed by atoms with Gasteiger partial charge in [-0.25, -0.2) is 8.78 Å². The fourth-order valence-corrected chi connectivity index (χ4v) is 1.36. The van der Waals surface area contributed by atoms with E-state index in [-0.39, 0.29) is 0 Å². The second kappa shape index (κ2) is 2.63. The summed E-state index contributed by atoms with van der Waals surface area (Å²) in [6.07, 6.45) is -0.541. The van der Waals surface area contributed by atoms with Gasteiger partial charge in [-0.15, -0.1) is 0 Å². The molecule has 2 atom stereocenters. The Kier molecular flexibility index (Phi) is 2.04. The monoisotopic (exact) mass is 134 g/mol. The van der Waals surface area contributed by atoms with Crippen LogP contribution in [0.25, 0.3) is 0 Å². The van der Waals surface area contributed by atoms with Gasteiger partial charge < -0.3 is 0 Å². The molecular weight excluding hydrogens is 122 g/mol. The summed E-state index contributed by atoms with van der Waals surface area (Å²) < 4.78 is 24.8. The maximum Gasteiger partial charge on any atom is 0.131 e. The zero-order valence-corrected chi connectivity index (χ0v) is 5.61. The van der Waals surface area contributed by atoms with E-state index in [2.05, 4.69) is 0 Å². The first-order valence-corrected chi connectivity index (χ1v) is 3.52. The van der Waals surface area contributed by atoms with Crippen molar-refractivity contribution in [2.45, 2.75) is 38.5 Å². The minimum absolute atomic E-state index is 0.301. The van der Waals surface area contributed by atoms with Crippen molar-refractivity contribution >= 4 is 0 Å². The minimum Gasteiger partial charge on any atom is -0.244 e. The van der Waals surface area contributed by atoms with Gasteiger partial charge in [0.25, 0.3) is 0 Å². The van der Waals surface area contributed by atoms with Crippen LogP contribution in [0.1, 0.15) is 26.2 Å². The molecule has 1 aliphatic carbocycles. The summed E-state index contributed by atoms with van der Waals surface area (Å²) >= 11 is 0. The molecule has 54 valence electrons. The molecule has 1 saturated carbocycles. The number of halogens is 2. The summed E-state index contributed by atoms with van der Waals surface area (Å²) in [6.45, 7) is 1.98. The lowest BCUT2D eigenvalue weighted by atomic mass is 10.1. The van der Waals surface area contributed by atoms with E-state index in [1.165, 1.54) is 0 Å². The van der Waals surface area contributed by atoms with Crippen LogP contribution < -0.4 is 0 Å². The van der Waals surface area contributed by atoms with Gasteiger partial charge in [-0.2, -0.15) is 0 Å². The summed E-state index contributed by atoms with van der Waals surface area (Å²) in [7, 11) is 0. The lowest BCUT2D eigenvalue weighted by molar-refractivity contribution is 0.199. The van der Waals surface area contributed by atoms with E-state index in [0.717, 1.165) is 6.42 Å². The van der Waals surface area contributed by atoms with Crippen LogP contribution in [0.4, 0.5) is 8.78 Å². The normalized spacial score (nSPS) is 43.7. The first-order valence-electron chi connectivity index (χ1n) is 3.52. The van der Waals surface area contributed by atoms with Crippen LogP contribution in [0.2, 0.25) is 0 Å². The molecule has 0 aromatic heterocycles. The van der Waals surface area contributed by atoms with Gasteiger partial charge >= 0.3 is 0 Å². The van der Waals surface area contributed by atoms with Gasteiger partial charge in [0.2, 0.25) is 0 Å². The second-order valence-corrected chi connectivity index (χ2v) is 2.78. The average molecular weight is 134 g/mol. The molecule has 1 rings (SSSR count). The lowest BCUT2D eigenvalue weighted by Crippen LogP contribution is -2.06. The molecule has 0 heterocycles. The highest BCUT2D eigenvalue weighted by Gasteiger charge is 2.32. The highest BCUT2D eigenvalue weighted by Crippen LogP contribution is 2.32. The Bertz CT molecular complexity index is 82.9. The van der Waals surface area contributed by atoms with Gasteiger partial charge in [-0.05, 0) is 18.8 Å². The van der Waals surface area contributed by atoms with Crippen LogP contribution in [0, 0.1) is 5.92 Å². The Hall–Kier alpha value is -0.140. The molecule has 0 aromatic carbocycles. The minimum atomic E-state index is -1.17. The molecule has 0 aliphatic heterocycles. The summed E-state index contributed by atoms with van der Waals surface area (Å²) in [4.78, 5) is 0. The molecule has 0 amide bonds. The van der Waals surface area contributed by atoms with Crippen molar-refractivity contribution in [1.82, 2.24) is 0 Å². The average Bonchev–Trinajstić information content (AvgIpc) is 2.13. The highest BCUT2D eigenvalue weighted by atomic mass is 19.2. The van der Waals surface area contributed by atoms with E-state index in [1.807, 2.05) is 6.92 Å². The molecule has 0 spiro atoms. The maximum absolute atomic E-state index is 12.4. The smallest absolute Gasteiger partial charge is 0.131 e. The predicted molar refractivity (Wildman–Crippen MR) is 32.8 cm³/mol. The maximum atomic E-state index is 12.4. The summed E-state index contributed by atoms with van der Waals surface area (Å²) in [5.74, 6) is 0.301. The third kappa shape index (κ3) is 1.41. The molecule has 0 radical (unpaired) electrons. The van der Waals surface area contributed by atoms with Gasteiger partial charge in [-0.3, -0.25) is 0 Å². The standard InChI is InChI=1S/C7H12F2/c1-2-5-3-6(8)7(9)4-5/h5-7H,2-4H2,1H3. The topological polar surface area (TPSA) is 0 Å². The SMILES string of the molecule is CCC1CC(F)C(F)C1. The van der Waals surface area contributed by atoms with Crippen LogP contribution in [-0.4, -0.2) is 12.3 Å². The van der Waals surface area contributed by atoms with Crippen LogP contribution in [0.3, 0.4) is 0 Å². The second-order valence-electron chi connectivity index (χ2n) is 2.78. The zero-order valence-electron chi connectivity index (χ0n) is 5.61. The molecule has 1 aliphatic rings. The summed E-state index contributed by atoms with van der Waals surface area (Å²) in [5.41, 5.74) is 0. The van der Waals surface area contributed by atoms with Crippen molar-refractivity contribution in [3.63, 3.8) is 0 Å². The van der Waals surface area contributed by atoms with Gasteiger partial charge in [0.15, 0.2) is 0 Å². The molecular formula is C7H12F2. The molecule has 2 unspecified atom stereocenters. The Morgan fingerprint density at radius 1 is 1.22 bits per heavy atom. The van der Waals surface area contributed by atoms with Crippen molar-refractivity contribution in [3.8, 4) is 0 Å². The van der Waals surface area contributed by atoms with E-state index >= 15 is 0 Å². The van der Waals surface area contributed by atoms with Crippen LogP contribution in [0.5, 0.6) is 0 Å². The Morgan fingerprint density at radius 2 is 1.67 bits per heavy atom. The van der Waals surface area contributed by atoms with Crippen molar-refractivity contribution in [2.75, 3.05) is 0 Å². The number of hydrogen-bond donors (Lipinski definition) is 0. The van der Waals surface area contributed by atoms with E-state index in [0.29, 0.717) is 18.8 Å². The van der Waals surface area contributed by atoms with Crippen molar-refractivity contribution in [3.05, 3.63) is 0 Å². The van der Waals surface area contributed by atoms with Gasteiger partial charge in [0, 0.05) is 0 Å². The predicted octanol–water partition coefficient (Wildman–Crippen LogP) is 2.48. The fraction of sp³-hybridized carbons (Fsp3) is 1.00. The molecule has 0 saturated heterocycles. The molecule has 0 N–H and O–H groups in total. The summed E-state index contributed by atoms with van der Waals surface area (Å²) in [6, 6.07) is 0. The number of rotatable bonds is 1. The Labute approximate surface area is 54.3 Å². The molecule has 0 bridgehead atoms. The molecule has 2 heteroatoms. The quantitative estimate of drug-likeness (QED) is 0.516. The zero-order chi connectivity index (χ0) is 6.85. The van der Waals surface area contributed by atoms with E-state index in [4.69, 9.17) is 0 Å². The van der Waals surface area contributed by atoms with Crippen LogP contribution in [0.15, 0.2) is 0 Å². The van der Waals surface area contributed by atoms with Crippen molar-refractivity contribution in [1.29, 1.82) is 0 Å². The third-order valence-corrected chi connectivity index (χ3v) is 2.09. The first-order chi connectivity index (χ1) is 4.24. The molecule has 9 heavy (non-hydrogen) atoms. The highest BCUT2D eigenvalue weighted by molar-refractivity contribution is 4.82. The molecule has 1 fully saturated rings. The first kappa shape index (κ1) is 6.97. The van der Waals surface area contributed by atoms with Crippen LogP contribution in [-0.2, 0) is 0 Å². The number of alkyl halides is 2. The summed E-state index contributed by atoms with van der Waals surface area (Å²) in [5, 5.41) is 0. The van der Waals surface area contributed by atoms with Gasteiger partial charge in [0.05, 0.1) is 0 Å². The van der Waals surface area contributed by atoms with Crippen molar-refractivity contribution < 1.29 is 8.78 Å². The number of hydrogen-bond acceptors (Lipinski definition) is 0. The van der Waals surface area contributed by atoms with Crippen LogP contribution >= 0.6 is 0 Å². The Morgan fingerprint density at radius 3 is 1.89 bits per heavy atom. The molecule has 0 nitrogen and oxygen atoms in total. The molecule has 0 aromatic rings. The van der Waals surface area contributed by atoms with E-state index < -0.39 is 12.3 Å². The van der Waals surface area contributed by atoms with Crippen molar-refractivity contribution in [2.24, 2.45) is 5.92 Å². The van der Waals surface area contributed by atoms with E-state index in [1.54, 1.807) is 0 Å².